The van der Waals surface area contributed by atoms with Crippen molar-refractivity contribution in [3.05, 3.63) is 48.4 Å². The lowest BCUT2D eigenvalue weighted by atomic mass is 10.2. The van der Waals surface area contributed by atoms with Gasteiger partial charge in [-0.3, -0.25) is 4.98 Å². The second-order valence-electron chi connectivity index (χ2n) is 2.79. The van der Waals surface area contributed by atoms with Crippen LogP contribution in [0.15, 0.2) is 35.6 Å². The van der Waals surface area contributed by atoms with Crippen molar-refractivity contribution in [1.82, 2.24) is 15.1 Å². The highest BCUT2D eigenvalue weighted by Gasteiger charge is 2.03. The van der Waals surface area contributed by atoms with E-state index in [0.29, 0.717) is 18.1 Å². The molecular formula is C10H9N3O. The minimum absolute atomic E-state index is 0.448. The fourth-order valence-electron chi connectivity index (χ4n) is 1.11. The second kappa shape index (κ2) is 3.83. The van der Waals surface area contributed by atoms with Gasteiger partial charge >= 0.3 is 0 Å². The van der Waals surface area contributed by atoms with Crippen LogP contribution in [0.1, 0.15) is 17.3 Å². The van der Waals surface area contributed by atoms with Crippen LogP contribution < -0.4 is 0 Å². The lowest BCUT2D eigenvalue weighted by Gasteiger charge is -1.92. The maximum atomic E-state index is 4.89. The van der Waals surface area contributed by atoms with Crippen LogP contribution in [0.3, 0.4) is 0 Å². The average molecular weight is 187 g/mol. The largest absolute Gasteiger partial charge is 0.335 e. The molecule has 0 aliphatic carbocycles. The van der Waals surface area contributed by atoms with Crippen molar-refractivity contribution >= 4 is 6.08 Å². The van der Waals surface area contributed by atoms with Gasteiger partial charge in [0, 0.05) is 18.8 Å². The Morgan fingerprint density at radius 1 is 1.50 bits per heavy atom. The van der Waals surface area contributed by atoms with E-state index in [4.69, 9.17) is 4.52 Å². The van der Waals surface area contributed by atoms with Crippen LogP contribution in [0.4, 0.5) is 0 Å². The number of pyridine rings is 1. The summed E-state index contributed by atoms with van der Waals surface area (Å²) >= 11 is 0. The van der Waals surface area contributed by atoms with Crippen molar-refractivity contribution in [3.63, 3.8) is 0 Å². The first-order valence-electron chi connectivity index (χ1n) is 4.22. The highest BCUT2D eigenvalue weighted by Crippen LogP contribution is 2.05. The fraction of sp³-hybridized carbons (Fsp3) is 0.100. The Balaban J connectivity index is 2.15. The Morgan fingerprint density at radius 2 is 2.43 bits per heavy atom. The van der Waals surface area contributed by atoms with Gasteiger partial charge < -0.3 is 4.52 Å². The van der Waals surface area contributed by atoms with E-state index in [1.165, 1.54) is 6.08 Å². The minimum atomic E-state index is 0.448. The van der Waals surface area contributed by atoms with E-state index in [9.17, 15) is 0 Å². The van der Waals surface area contributed by atoms with Gasteiger partial charge in [0.15, 0.2) is 5.82 Å². The summed E-state index contributed by atoms with van der Waals surface area (Å²) in [6.07, 6.45) is 5.67. The van der Waals surface area contributed by atoms with Crippen molar-refractivity contribution in [2.75, 3.05) is 0 Å². The van der Waals surface area contributed by atoms with E-state index < -0.39 is 0 Å². The monoisotopic (exact) mass is 187 g/mol. The third-order valence-electron chi connectivity index (χ3n) is 1.74. The van der Waals surface area contributed by atoms with E-state index >= 15 is 0 Å². The molecule has 2 aromatic heterocycles. The predicted molar refractivity (Wildman–Crippen MR) is 51.4 cm³/mol. The molecule has 0 bridgehead atoms. The van der Waals surface area contributed by atoms with Crippen molar-refractivity contribution in [1.29, 1.82) is 0 Å². The average Bonchev–Trinajstić information content (AvgIpc) is 2.67. The molecule has 0 spiro atoms. The van der Waals surface area contributed by atoms with Gasteiger partial charge in [0.2, 0.25) is 5.89 Å². The Hall–Kier alpha value is -1.97. The summed E-state index contributed by atoms with van der Waals surface area (Å²) in [5, 5.41) is 3.80. The Morgan fingerprint density at radius 3 is 3.07 bits per heavy atom. The van der Waals surface area contributed by atoms with Gasteiger partial charge in [-0.2, -0.15) is 4.98 Å². The lowest BCUT2D eigenvalue weighted by Crippen LogP contribution is -1.90. The summed E-state index contributed by atoms with van der Waals surface area (Å²) in [4.78, 5) is 8.10. The Labute approximate surface area is 81.3 Å². The number of hydrogen-bond acceptors (Lipinski definition) is 4. The number of hydrogen-bond donors (Lipinski definition) is 0. The van der Waals surface area contributed by atoms with Gasteiger partial charge in [0.05, 0.1) is 0 Å². The summed E-state index contributed by atoms with van der Waals surface area (Å²) in [7, 11) is 0. The number of nitrogens with zero attached hydrogens (tertiary/aromatic N) is 3. The lowest BCUT2D eigenvalue weighted by molar-refractivity contribution is 0.404. The molecular weight excluding hydrogens is 178 g/mol. The van der Waals surface area contributed by atoms with Crippen molar-refractivity contribution in [2.24, 2.45) is 0 Å². The first kappa shape index (κ1) is 8.62. The molecule has 14 heavy (non-hydrogen) atoms. The SMILES string of the molecule is C=Cc1nc(Cc2cccnc2)no1. The molecule has 0 saturated carbocycles. The van der Waals surface area contributed by atoms with Gasteiger partial charge in [0.25, 0.3) is 0 Å². The van der Waals surface area contributed by atoms with Crippen LogP contribution in [-0.4, -0.2) is 15.1 Å². The zero-order valence-electron chi connectivity index (χ0n) is 7.55. The molecule has 70 valence electrons. The van der Waals surface area contributed by atoms with Crippen LogP contribution >= 0.6 is 0 Å². The topological polar surface area (TPSA) is 51.8 Å². The van der Waals surface area contributed by atoms with Crippen LogP contribution in [0.25, 0.3) is 6.08 Å². The zero-order chi connectivity index (χ0) is 9.80. The van der Waals surface area contributed by atoms with E-state index in [-0.39, 0.29) is 0 Å². The van der Waals surface area contributed by atoms with Gasteiger partial charge in [-0.15, -0.1) is 0 Å². The molecule has 2 rings (SSSR count). The van der Waals surface area contributed by atoms with E-state index in [0.717, 1.165) is 5.56 Å². The third-order valence-corrected chi connectivity index (χ3v) is 1.74. The molecule has 4 nitrogen and oxygen atoms in total. The summed E-state index contributed by atoms with van der Waals surface area (Å²) in [5.41, 5.74) is 1.06. The van der Waals surface area contributed by atoms with Gasteiger partial charge in [-0.1, -0.05) is 17.8 Å². The molecule has 0 aliphatic heterocycles. The van der Waals surface area contributed by atoms with Crippen LogP contribution in [0.2, 0.25) is 0 Å². The summed E-state index contributed by atoms with van der Waals surface area (Å²) in [6, 6.07) is 3.85. The van der Waals surface area contributed by atoms with Gasteiger partial charge in [0.1, 0.15) is 0 Å². The molecule has 0 N–H and O–H groups in total. The number of rotatable bonds is 3. The van der Waals surface area contributed by atoms with E-state index in [1.807, 2.05) is 12.1 Å². The maximum absolute atomic E-state index is 4.89. The fourth-order valence-corrected chi connectivity index (χ4v) is 1.11. The van der Waals surface area contributed by atoms with E-state index in [2.05, 4.69) is 21.7 Å². The quantitative estimate of drug-likeness (QED) is 0.733. The molecule has 0 amide bonds. The minimum Gasteiger partial charge on any atom is -0.335 e. The zero-order valence-corrected chi connectivity index (χ0v) is 7.55. The Bertz CT molecular complexity index is 422. The summed E-state index contributed by atoms with van der Waals surface area (Å²) in [5.74, 6) is 1.09. The molecule has 0 saturated heterocycles. The van der Waals surface area contributed by atoms with E-state index in [1.54, 1.807) is 12.4 Å². The molecule has 0 aromatic carbocycles. The van der Waals surface area contributed by atoms with Gasteiger partial charge in [-0.05, 0) is 17.7 Å². The first-order valence-corrected chi connectivity index (χ1v) is 4.22. The third kappa shape index (κ3) is 1.85. The van der Waals surface area contributed by atoms with Crippen LogP contribution in [-0.2, 0) is 6.42 Å². The van der Waals surface area contributed by atoms with Crippen LogP contribution in [0.5, 0.6) is 0 Å². The normalized spacial score (nSPS) is 10.0. The van der Waals surface area contributed by atoms with Crippen molar-refractivity contribution in [3.8, 4) is 0 Å². The molecule has 0 unspecified atom stereocenters. The van der Waals surface area contributed by atoms with Crippen molar-refractivity contribution in [2.45, 2.75) is 6.42 Å². The maximum Gasteiger partial charge on any atom is 0.250 e. The molecule has 2 aromatic rings. The first-order chi connectivity index (χ1) is 6.88. The Kier molecular flexibility index (Phi) is 2.36. The molecule has 4 heteroatoms. The molecule has 0 atom stereocenters. The smallest absolute Gasteiger partial charge is 0.250 e. The predicted octanol–water partition coefficient (Wildman–Crippen LogP) is 1.70. The molecule has 0 fully saturated rings. The van der Waals surface area contributed by atoms with Gasteiger partial charge in [-0.25, -0.2) is 0 Å². The molecule has 2 heterocycles. The molecule has 0 aliphatic rings. The summed E-state index contributed by atoms with van der Waals surface area (Å²) < 4.78 is 4.89. The van der Waals surface area contributed by atoms with Crippen LogP contribution in [0, 0.1) is 0 Å². The summed E-state index contributed by atoms with van der Waals surface area (Å²) in [6.45, 7) is 3.54. The standard InChI is InChI=1S/C10H9N3O/c1-2-10-12-9(13-14-10)6-8-4-3-5-11-7-8/h2-5,7H,1,6H2. The molecule has 0 radical (unpaired) electrons. The highest BCUT2D eigenvalue weighted by molar-refractivity contribution is 5.32. The van der Waals surface area contributed by atoms with Crippen molar-refractivity contribution < 1.29 is 4.52 Å². The number of aromatic nitrogens is 3. The highest BCUT2D eigenvalue weighted by atomic mass is 16.5. The second-order valence-corrected chi connectivity index (χ2v) is 2.79.